The highest BCUT2D eigenvalue weighted by molar-refractivity contribution is 6.18. The van der Waals surface area contributed by atoms with E-state index in [0.717, 1.165) is 44.6 Å². The van der Waals surface area contributed by atoms with Gasteiger partial charge in [-0.15, -0.1) is 0 Å². The van der Waals surface area contributed by atoms with E-state index in [0.29, 0.717) is 5.82 Å². The van der Waals surface area contributed by atoms with Crippen LogP contribution in [0.15, 0.2) is 152 Å². The average Bonchev–Trinajstić information content (AvgIpc) is 3.43. The van der Waals surface area contributed by atoms with Gasteiger partial charge in [0.2, 0.25) is 0 Å². The number of fused-ring (bicyclic) bond motifs is 4. The van der Waals surface area contributed by atoms with Gasteiger partial charge in [-0.1, -0.05) is 127 Å². The molecular formula is C41H25N3. The minimum Gasteiger partial charge on any atom is -0.264 e. The Hall–Kier alpha value is -5.93. The highest BCUT2D eigenvalue weighted by Crippen LogP contribution is 2.49. The lowest BCUT2D eigenvalue weighted by molar-refractivity contribution is 1.19. The van der Waals surface area contributed by atoms with Crippen LogP contribution in [0, 0.1) is 0 Å². The smallest absolute Gasteiger partial charge is 0.160 e. The molecule has 0 atom stereocenters. The number of hydrogen-bond acceptors (Lipinski definition) is 3. The van der Waals surface area contributed by atoms with Crippen molar-refractivity contribution in [1.82, 2.24) is 15.0 Å². The summed E-state index contributed by atoms with van der Waals surface area (Å²) in [7, 11) is 0. The molecule has 6 aromatic carbocycles. The van der Waals surface area contributed by atoms with Gasteiger partial charge >= 0.3 is 0 Å². The van der Waals surface area contributed by atoms with Gasteiger partial charge in [0.1, 0.15) is 0 Å². The number of pyridine rings is 1. The van der Waals surface area contributed by atoms with Gasteiger partial charge in [0.15, 0.2) is 5.82 Å². The van der Waals surface area contributed by atoms with E-state index in [4.69, 9.17) is 9.97 Å². The van der Waals surface area contributed by atoms with Crippen LogP contribution in [0.25, 0.3) is 88.8 Å². The zero-order valence-corrected chi connectivity index (χ0v) is 23.8. The molecule has 1 aliphatic carbocycles. The van der Waals surface area contributed by atoms with E-state index in [9.17, 15) is 0 Å². The van der Waals surface area contributed by atoms with E-state index in [-0.39, 0.29) is 0 Å². The molecule has 3 heteroatoms. The highest BCUT2D eigenvalue weighted by Gasteiger charge is 2.23. The summed E-state index contributed by atoms with van der Waals surface area (Å²) in [5.74, 6) is 0.713. The molecule has 2 aromatic heterocycles. The van der Waals surface area contributed by atoms with Crippen LogP contribution >= 0.6 is 0 Å². The molecule has 0 spiro atoms. The first-order valence-corrected chi connectivity index (χ1v) is 14.9. The van der Waals surface area contributed by atoms with E-state index in [2.05, 4.69) is 120 Å². The van der Waals surface area contributed by atoms with Crippen LogP contribution < -0.4 is 0 Å². The summed E-state index contributed by atoms with van der Waals surface area (Å²) in [6.07, 6.45) is 3.73. The summed E-state index contributed by atoms with van der Waals surface area (Å²) >= 11 is 0. The van der Waals surface area contributed by atoms with Gasteiger partial charge in [0.25, 0.3) is 0 Å². The van der Waals surface area contributed by atoms with Crippen LogP contribution in [0.2, 0.25) is 0 Å². The number of nitrogens with zero attached hydrogens (tertiary/aromatic N) is 3. The fourth-order valence-electron chi connectivity index (χ4n) is 6.78. The maximum absolute atomic E-state index is 5.20. The molecule has 9 rings (SSSR count). The molecule has 0 saturated heterocycles. The number of benzene rings is 6. The predicted octanol–water partition coefficient (Wildman–Crippen LogP) is 10.5. The second kappa shape index (κ2) is 9.82. The summed E-state index contributed by atoms with van der Waals surface area (Å²) in [6.45, 7) is 0. The van der Waals surface area contributed by atoms with Crippen molar-refractivity contribution >= 4 is 21.5 Å². The fourth-order valence-corrected chi connectivity index (χ4v) is 6.78. The summed E-state index contributed by atoms with van der Waals surface area (Å²) in [4.78, 5) is 14.8. The molecule has 0 fully saturated rings. The Morgan fingerprint density at radius 1 is 0.364 bits per heavy atom. The summed E-state index contributed by atoms with van der Waals surface area (Å²) in [5.41, 5.74) is 12.4. The Morgan fingerprint density at radius 3 is 1.64 bits per heavy atom. The van der Waals surface area contributed by atoms with Gasteiger partial charge < -0.3 is 0 Å². The third-order valence-electron chi connectivity index (χ3n) is 8.75. The number of aromatic nitrogens is 3. The number of rotatable bonds is 4. The Kier molecular flexibility index (Phi) is 5.50. The van der Waals surface area contributed by atoms with Gasteiger partial charge in [-0.25, -0.2) is 9.97 Å². The maximum Gasteiger partial charge on any atom is 0.160 e. The lowest BCUT2D eigenvalue weighted by atomic mass is 9.93. The van der Waals surface area contributed by atoms with Crippen molar-refractivity contribution in [2.75, 3.05) is 0 Å². The van der Waals surface area contributed by atoms with Crippen LogP contribution in [0.1, 0.15) is 0 Å². The molecule has 8 aromatic rings. The molecule has 204 valence electrons. The van der Waals surface area contributed by atoms with Crippen molar-refractivity contribution < 1.29 is 0 Å². The molecule has 0 amide bonds. The van der Waals surface area contributed by atoms with Gasteiger partial charge in [-0.2, -0.15) is 0 Å². The molecule has 44 heavy (non-hydrogen) atoms. The minimum atomic E-state index is 0.713. The van der Waals surface area contributed by atoms with E-state index >= 15 is 0 Å². The van der Waals surface area contributed by atoms with Crippen LogP contribution in [0.5, 0.6) is 0 Å². The first-order chi connectivity index (χ1) is 21.8. The monoisotopic (exact) mass is 559 g/mol. The molecule has 0 unspecified atom stereocenters. The fraction of sp³-hybridized carbons (Fsp3) is 0. The van der Waals surface area contributed by atoms with Crippen molar-refractivity contribution in [3.05, 3.63) is 152 Å². The van der Waals surface area contributed by atoms with Crippen molar-refractivity contribution in [3.8, 4) is 67.3 Å². The van der Waals surface area contributed by atoms with E-state index < -0.39 is 0 Å². The first-order valence-electron chi connectivity index (χ1n) is 14.9. The van der Waals surface area contributed by atoms with E-state index in [1.54, 1.807) is 0 Å². The van der Waals surface area contributed by atoms with Crippen LogP contribution in [-0.2, 0) is 0 Å². The quantitative estimate of drug-likeness (QED) is 0.215. The molecule has 2 heterocycles. The summed E-state index contributed by atoms with van der Waals surface area (Å²) < 4.78 is 0. The van der Waals surface area contributed by atoms with Crippen molar-refractivity contribution in [3.63, 3.8) is 0 Å². The molecule has 1 aliphatic rings. The van der Waals surface area contributed by atoms with Crippen LogP contribution in [0.3, 0.4) is 0 Å². The maximum atomic E-state index is 5.20. The normalized spacial score (nSPS) is 11.6. The molecule has 3 nitrogen and oxygen atoms in total. The SMILES string of the molecule is c1ccc(-c2nc(-c3cccc4c(-c5cccnc5)cccc34)cc(-c3ccc4c5c(cccc35)-c3ccccc3-4)n2)cc1. The standard InChI is InChI=1S/C41H25N3/c1-2-10-26(11-3-1)41-43-38(33-18-7-16-29-28(15-6-17-30(29)33)27-12-9-23-42-25-27)24-39(44-41)34-21-22-37-32-14-5-4-13-31(32)35-19-8-20-36(34)40(35)37/h1-25H. The summed E-state index contributed by atoms with van der Waals surface area (Å²) in [6, 6.07) is 49.3. The van der Waals surface area contributed by atoms with Crippen molar-refractivity contribution in [2.45, 2.75) is 0 Å². The third kappa shape index (κ3) is 3.80. The lowest BCUT2D eigenvalue weighted by Crippen LogP contribution is -1.97. The van der Waals surface area contributed by atoms with E-state index in [1.807, 2.05) is 36.7 Å². The lowest BCUT2D eigenvalue weighted by Gasteiger charge is -2.14. The molecule has 0 saturated carbocycles. The Bertz CT molecular complexity index is 2350. The minimum absolute atomic E-state index is 0.713. The summed E-state index contributed by atoms with van der Waals surface area (Å²) in [5, 5.41) is 4.81. The van der Waals surface area contributed by atoms with Crippen LogP contribution in [-0.4, -0.2) is 15.0 Å². The molecule has 0 aliphatic heterocycles. The predicted molar refractivity (Wildman–Crippen MR) is 181 cm³/mol. The zero-order chi connectivity index (χ0) is 29.0. The first kappa shape index (κ1) is 24.6. The van der Waals surface area contributed by atoms with Gasteiger partial charge in [0, 0.05) is 34.6 Å². The van der Waals surface area contributed by atoms with Crippen molar-refractivity contribution in [2.24, 2.45) is 0 Å². The molecular weight excluding hydrogens is 534 g/mol. The van der Waals surface area contributed by atoms with Gasteiger partial charge in [0.05, 0.1) is 11.4 Å². The second-order valence-corrected chi connectivity index (χ2v) is 11.2. The Labute approximate surface area is 255 Å². The van der Waals surface area contributed by atoms with Crippen LogP contribution in [0.4, 0.5) is 0 Å². The topological polar surface area (TPSA) is 38.7 Å². The zero-order valence-electron chi connectivity index (χ0n) is 23.8. The molecule has 0 N–H and O–H groups in total. The number of hydrogen-bond donors (Lipinski definition) is 0. The highest BCUT2D eigenvalue weighted by atomic mass is 14.9. The third-order valence-corrected chi connectivity index (χ3v) is 8.75. The van der Waals surface area contributed by atoms with E-state index in [1.165, 1.54) is 38.4 Å². The average molecular weight is 560 g/mol. The second-order valence-electron chi connectivity index (χ2n) is 11.2. The Morgan fingerprint density at radius 2 is 0.909 bits per heavy atom. The van der Waals surface area contributed by atoms with Gasteiger partial charge in [-0.05, 0) is 61.5 Å². The van der Waals surface area contributed by atoms with Gasteiger partial charge in [-0.3, -0.25) is 4.98 Å². The Balaban J connectivity index is 1.30. The largest absolute Gasteiger partial charge is 0.264 e. The molecule has 0 radical (unpaired) electrons. The van der Waals surface area contributed by atoms with Crippen molar-refractivity contribution in [1.29, 1.82) is 0 Å². The molecule has 0 bridgehead atoms.